The second-order valence-electron chi connectivity index (χ2n) is 4.46. The van der Waals surface area contributed by atoms with Crippen molar-refractivity contribution in [3.63, 3.8) is 0 Å². The summed E-state index contributed by atoms with van der Waals surface area (Å²) < 4.78 is 6.47. The number of carbonyl (C=O) groups is 1. The molecule has 21 heavy (non-hydrogen) atoms. The van der Waals surface area contributed by atoms with E-state index in [0.29, 0.717) is 16.7 Å². The van der Waals surface area contributed by atoms with E-state index in [1.165, 1.54) is 0 Å². The molecule has 1 N–H and O–H groups in total. The normalized spacial score (nSPS) is 10.8. The Balaban J connectivity index is 2.07. The first-order chi connectivity index (χ1) is 10.0. The van der Waals surface area contributed by atoms with Crippen LogP contribution in [-0.4, -0.2) is 16.1 Å². The summed E-state index contributed by atoms with van der Waals surface area (Å²) >= 11 is 6.99. The van der Waals surface area contributed by atoms with E-state index in [1.807, 2.05) is 6.92 Å². The van der Waals surface area contributed by atoms with Gasteiger partial charge in [0.15, 0.2) is 0 Å². The Morgan fingerprint density at radius 2 is 2.05 bits per heavy atom. The topological polar surface area (TPSA) is 59.4 Å². The molecular weight excluding hydrogens is 310 g/mol. The van der Waals surface area contributed by atoms with E-state index in [4.69, 9.17) is 21.4 Å². The zero-order valence-electron chi connectivity index (χ0n) is 11.0. The maximum absolute atomic E-state index is 11.1. The molecule has 106 valence electrons. The summed E-state index contributed by atoms with van der Waals surface area (Å²) in [6, 6.07) is 8.57. The van der Waals surface area contributed by atoms with Crippen LogP contribution in [0.2, 0.25) is 5.02 Å². The number of pyridine rings is 1. The molecule has 0 aliphatic rings. The van der Waals surface area contributed by atoms with Gasteiger partial charge < -0.3 is 9.84 Å². The minimum Gasteiger partial charge on any atom is -0.477 e. The van der Waals surface area contributed by atoms with Gasteiger partial charge in [0, 0.05) is 16.6 Å². The lowest BCUT2D eigenvalue weighted by atomic mass is 10.2. The predicted octanol–water partition coefficient (Wildman–Crippen LogP) is 4.75. The number of nitrogens with zero attached hydrogens (tertiary/aromatic N) is 1. The van der Waals surface area contributed by atoms with Gasteiger partial charge in [-0.15, -0.1) is 11.3 Å². The SMILES string of the molecule is Cc1cnc(Oc2ccc(Cl)cc2)c2sc(C(=O)O)cc12. The van der Waals surface area contributed by atoms with Gasteiger partial charge in [0.25, 0.3) is 0 Å². The molecule has 0 atom stereocenters. The number of thiophene rings is 1. The number of fused-ring (bicyclic) bond motifs is 1. The molecule has 0 radical (unpaired) electrons. The molecular formula is C15H10ClNO3S. The molecule has 3 aromatic rings. The predicted molar refractivity (Wildman–Crippen MR) is 82.8 cm³/mol. The summed E-state index contributed by atoms with van der Waals surface area (Å²) in [5.74, 6) is 0.0470. The van der Waals surface area contributed by atoms with Crippen molar-refractivity contribution in [3.05, 3.63) is 52.0 Å². The van der Waals surface area contributed by atoms with Crippen molar-refractivity contribution in [1.29, 1.82) is 0 Å². The molecule has 0 spiro atoms. The first-order valence-electron chi connectivity index (χ1n) is 6.10. The average molecular weight is 320 g/mol. The summed E-state index contributed by atoms with van der Waals surface area (Å²) in [6.45, 7) is 1.89. The number of hydrogen-bond donors (Lipinski definition) is 1. The highest BCUT2D eigenvalue weighted by Gasteiger charge is 2.15. The van der Waals surface area contributed by atoms with E-state index in [0.717, 1.165) is 27.0 Å². The van der Waals surface area contributed by atoms with Gasteiger partial charge in [0.2, 0.25) is 5.88 Å². The van der Waals surface area contributed by atoms with Crippen molar-refractivity contribution >= 4 is 39.0 Å². The third-order valence-corrected chi connectivity index (χ3v) is 4.33. The fourth-order valence-electron chi connectivity index (χ4n) is 1.92. The van der Waals surface area contributed by atoms with Gasteiger partial charge in [-0.25, -0.2) is 9.78 Å². The number of hydrogen-bond acceptors (Lipinski definition) is 4. The number of aryl methyl sites for hydroxylation is 1. The third kappa shape index (κ3) is 2.70. The van der Waals surface area contributed by atoms with Crippen molar-refractivity contribution in [2.75, 3.05) is 0 Å². The highest BCUT2D eigenvalue weighted by Crippen LogP contribution is 2.36. The van der Waals surface area contributed by atoms with Crippen LogP contribution < -0.4 is 4.74 Å². The van der Waals surface area contributed by atoms with Crippen molar-refractivity contribution in [1.82, 2.24) is 4.98 Å². The quantitative estimate of drug-likeness (QED) is 0.757. The molecule has 0 bridgehead atoms. The second-order valence-corrected chi connectivity index (χ2v) is 5.95. The largest absolute Gasteiger partial charge is 0.477 e. The van der Waals surface area contributed by atoms with E-state index < -0.39 is 5.97 Å². The minimum absolute atomic E-state index is 0.266. The number of ether oxygens (including phenoxy) is 1. The Labute approximate surface area is 129 Å². The maximum atomic E-state index is 11.1. The molecule has 2 aromatic heterocycles. The fourth-order valence-corrected chi connectivity index (χ4v) is 3.04. The lowest BCUT2D eigenvalue weighted by Crippen LogP contribution is -1.89. The molecule has 3 rings (SSSR count). The van der Waals surface area contributed by atoms with Crippen LogP contribution in [0.5, 0.6) is 11.6 Å². The Kier molecular flexibility index (Phi) is 3.53. The number of benzene rings is 1. The van der Waals surface area contributed by atoms with Crippen LogP contribution in [0, 0.1) is 6.92 Å². The fraction of sp³-hybridized carbons (Fsp3) is 0.0667. The summed E-state index contributed by atoms with van der Waals surface area (Å²) in [4.78, 5) is 15.6. The van der Waals surface area contributed by atoms with Crippen molar-refractivity contribution in [2.24, 2.45) is 0 Å². The van der Waals surface area contributed by atoms with Crippen LogP contribution in [0.4, 0.5) is 0 Å². The van der Waals surface area contributed by atoms with E-state index >= 15 is 0 Å². The molecule has 1 aromatic carbocycles. The van der Waals surface area contributed by atoms with Gasteiger partial charge >= 0.3 is 5.97 Å². The molecule has 2 heterocycles. The van der Waals surface area contributed by atoms with E-state index in [9.17, 15) is 4.79 Å². The summed E-state index contributed by atoms with van der Waals surface area (Å²) in [5, 5.41) is 10.6. The standard InChI is InChI=1S/C15H10ClNO3S/c1-8-7-17-14(20-10-4-2-9(16)3-5-10)13-11(8)6-12(21-13)15(18)19/h2-7H,1H3,(H,18,19). The van der Waals surface area contributed by atoms with Crippen LogP contribution >= 0.6 is 22.9 Å². The Morgan fingerprint density at radius 1 is 1.33 bits per heavy atom. The number of rotatable bonds is 3. The number of carboxylic acid groups (broad SMARTS) is 1. The molecule has 0 saturated heterocycles. The molecule has 0 aliphatic carbocycles. The Morgan fingerprint density at radius 3 is 2.71 bits per heavy atom. The smallest absolute Gasteiger partial charge is 0.345 e. The van der Waals surface area contributed by atoms with E-state index in [-0.39, 0.29) is 4.88 Å². The first kappa shape index (κ1) is 13.9. The van der Waals surface area contributed by atoms with Crippen molar-refractivity contribution in [2.45, 2.75) is 6.92 Å². The Hall–Kier alpha value is -2.11. The highest BCUT2D eigenvalue weighted by atomic mass is 35.5. The first-order valence-corrected chi connectivity index (χ1v) is 7.30. The zero-order valence-corrected chi connectivity index (χ0v) is 12.5. The van der Waals surface area contributed by atoms with E-state index in [2.05, 4.69) is 4.98 Å². The summed E-state index contributed by atoms with van der Waals surface area (Å²) in [6.07, 6.45) is 1.67. The van der Waals surface area contributed by atoms with Crippen molar-refractivity contribution < 1.29 is 14.6 Å². The lowest BCUT2D eigenvalue weighted by Gasteiger charge is -2.06. The van der Waals surface area contributed by atoms with Crippen LogP contribution in [-0.2, 0) is 0 Å². The van der Waals surface area contributed by atoms with Gasteiger partial charge in [0.1, 0.15) is 10.6 Å². The van der Waals surface area contributed by atoms with Crippen molar-refractivity contribution in [3.8, 4) is 11.6 Å². The molecule has 0 saturated carbocycles. The van der Waals surface area contributed by atoms with Gasteiger partial charge in [-0.1, -0.05) is 11.6 Å². The molecule has 0 aliphatic heterocycles. The second kappa shape index (κ2) is 5.35. The number of halogens is 1. The highest BCUT2D eigenvalue weighted by molar-refractivity contribution is 7.21. The van der Waals surface area contributed by atoms with Crippen LogP contribution in [0.15, 0.2) is 36.5 Å². The molecule has 0 unspecified atom stereocenters. The van der Waals surface area contributed by atoms with Gasteiger partial charge in [-0.2, -0.15) is 0 Å². The summed E-state index contributed by atoms with van der Waals surface area (Å²) in [5.41, 5.74) is 0.914. The van der Waals surface area contributed by atoms with Crippen LogP contribution in [0.3, 0.4) is 0 Å². The van der Waals surface area contributed by atoms with Gasteiger partial charge in [-0.05, 0) is 42.8 Å². The van der Waals surface area contributed by atoms with Gasteiger partial charge in [-0.3, -0.25) is 0 Å². The molecule has 0 amide bonds. The van der Waals surface area contributed by atoms with Crippen LogP contribution in [0.1, 0.15) is 15.2 Å². The zero-order chi connectivity index (χ0) is 15.0. The summed E-state index contributed by atoms with van der Waals surface area (Å²) in [7, 11) is 0. The third-order valence-electron chi connectivity index (χ3n) is 2.97. The number of aromatic nitrogens is 1. The van der Waals surface area contributed by atoms with Gasteiger partial charge in [0.05, 0.1) is 4.70 Å². The monoisotopic (exact) mass is 319 g/mol. The molecule has 0 fully saturated rings. The van der Waals surface area contributed by atoms with E-state index in [1.54, 1.807) is 36.5 Å². The average Bonchev–Trinajstić information content (AvgIpc) is 2.91. The Bertz CT molecular complexity index is 827. The number of aromatic carboxylic acids is 1. The molecule has 6 heteroatoms. The maximum Gasteiger partial charge on any atom is 0.345 e. The number of carboxylic acids is 1. The minimum atomic E-state index is -0.951. The lowest BCUT2D eigenvalue weighted by molar-refractivity contribution is 0.0702. The molecule has 4 nitrogen and oxygen atoms in total. The van der Waals surface area contributed by atoms with Crippen LogP contribution in [0.25, 0.3) is 10.1 Å².